The van der Waals surface area contributed by atoms with Gasteiger partial charge in [-0.15, -0.1) is 0 Å². The molecule has 0 fully saturated rings. The van der Waals surface area contributed by atoms with Crippen molar-refractivity contribution < 1.29 is 9.84 Å². The predicted octanol–water partition coefficient (Wildman–Crippen LogP) is 3.81. The first-order valence-corrected chi connectivity index (χ1v) is 6.36. The van der Waals surface area contributed by atoms with Crippen LogP contribution in [0.4, 0.5) is 0 Å². The molecule has 0 aliphatic rings. The minimum atomic E-state index is -0.555. The molecule has 2 nitrogen and oxygen atoms in total. The molecule has 1 N–H and O–H groups in total. The first-order chi connectivity index (χ1) is 7.57. The highest BCUT2D eigenvalue weighted by atomic mass is 79.9. The number of hydrogen-bond donors (Lipinski definition) is 1. The summed E-state index contributed by atoms with van der Waals surface area (Å²) in [5.41, 5.74) is 0.764. The number of methoxy groups -OCH3 is 1. The van der Waals surface area contributed by atoms with Crippen LogP contribution >= 0.6 is 27.5 Å². The van der Waals surface area contributed by atoms with Gasteiger partial charge in [-0.1, -0.05) is 30.7 Å². The molecule has 0 aromatic heterocycles. The second-order valence-electron chi connectivity index (χ2n) is 3.85. The van der Waals surface area contributed by atoms with E-state index in [1.54, 1.807) is 7.11 Å². The highest BCUT2D eigenvalue weighted by Crippen LogP contribution is 2.34. The Morgan fingerprint density at radius 3 is 2.81 bits per heavy atom. The first kappa shape index (κ1) is 14.0. The van der Waals surface area contributed by atoms with E-state index >= 15 is 0 Å². The maximum absolute atomic E-state index is 10.2. The van der Waals surface area contributed by atoms with Crippen LogP contribution in [-0.2, 0) is 4.74 Å². The van der Waals surface area contributed by atoms with Crippen LogP contribution in [0.2, 0.25) is 5.02 Å². The van der Waals surface area contributed by atoms with Gasteiger partial charge in [-0.25, -0.2) is 0 Å². The number of hydrogen-bond acceptors (Lipinski definition) is 2. The fourth-order valence-electron chi connectivity index (χ4n) is 1.52. The van der Waals surface area contributed by atoms with Crippen molar-refractivity contribution in [2.45, 2.75) is 19.4 Å². The zero-order valence-electron chi connectivity index (χ0n) is 9.41. The van der Waals surface area contributed by atoms with E-state index in [-0.39, 0.29) is 5.92 Å². The molecule has 0 bridgehead atoms. The van der Waals surface area contributed by atoms with E-state index in [0.29, 0.717) is 11.6 Å². The summed E-state index contributed by atoms with van der Waals surface area (Å²) in [6, 6.07) is 5.58. The van der Waals surface area contributed by atoms with E-state index in [4.69, 9.17) is 16.3 Å². The molecular formula is C12H16BrClO2. The lowest BCUT2D eigenvalue weighted by Gasteiger charge is -2.20. The fraction of sp³-hybridized carbons (Fsp3) is 0.500. The Kier molecular flexibility index (Phi) is 5.76. The summed E-state index contributed by atoms with van der Waals surface area (Å²) in [6.45, 7) is 2.63. The molecule has 90 valence electrons. The van der Waals surface area contributed by atoms with Crippen LogP contribution in [0.1, 0.15) is 25.0 Å². The van der Waals surface area contributed by atoms with Gasteiger partial charge in [0.2, 0.25) is 0 Å². The number of aliphatic hydroxyl groups is 1. The first-order valence-electron chi connectivity index (χ1n) is 5.18. The van der Waals surface area contributed by atoms with E-state index in [9.17, 15) is 5.11 Å². The van der Waals surface area contributed by atoms with Crippen LogP contribution in [0.3, 0.4) is 0 Å². The average Bonchev–Trinajstić information content (AvgIpc) is 2.28. The molecule has 0 aliphatic heterocycles. The summed E-state index contributed by atoms with van der Waals surface area (Å²) in [5.74, 6) is 0.117. The van der Waals surface area contributed by atoms with E-state index < -0.39 is 6.10 Å². The third-order valence-electron chi connectivity index (χ3n) is 2.62. The van der Waals surface area contributed by atoms with Crippen LogP contribution in [-0.4, -0.2) is 18.8 Å². The van der Waals surface area contributed by atoms with Gasteiger partial charge in [0, 0.05) is 23.8 Å². The number of rotatable bonds is 5. The maximum Gasteiger partial charge on any atom is 0.0831 e. The molecule has 16 heavy (non-hydrogen) atoms. The van der Waals surface area contributed by atoms with Crippen molar-refractivity contribution in [1.82, 2.24) is 0 Å². The van der Waals surface area contributed by atoms with Gasteiger partial charge in [0.05, 0.1) is 11.1 Å². The molecule has 0 aliphatic carbocycles. The van der Waals surface area contributed by atoms with Crippen molar-refractivity contribution >= 4 is 27.5 Å². The second-order valence-corrected chi connectivity index (χ2v) is 5.08. The van der Waals surface area contributed by atoms with Gasteiger partial charge in [0.25, 0.3) is 0 Å². The standard InChI is InChI=1S/C12H16BrClO2/c1-8(6-7-16-2)12(15)9-4-3-5-10(13)11(9)14/h3-5,8,12,15H,6-7H2,1-2H3. The monoisotopic (exact) mass is 306 g/mol. The van der Waals surface area contributed by atoms with Crippen LogP contribution in [0.15, 0.2) is 22.7 Å². The van der Waals surface area contributed by atoms with Crippen molar-refractivity contribution in [1.29, 1.82) is 0 Å². The topological polar surface area (TPSA) is 29.5 Å². The molecule has 1 aromatic rings. The quantitative estimate of drug-likeness (QED) is 0.896. The average molecular weight is 308 g/mol. The minimum absolute atomic E-state index is 0.117. The Labute approximate surface area is 110 Å². The highest BCUT2D eigenvalue weighted by Gasteiger charge is 2.19. The van der Waals surface area contributed by atoms with Crippen molar-refractivity contribution in [3.05, 3.63) is 33.3 Å². The summed E-state index contributed by atoms with van der Waals surface area (Å²) in [6.07, 6.45) is 0.251. The second kappa shape index (κ2) is 6.60. The summed E-state index contributed by atoms with van der Waals surface area (Å²) in [7, 11) is 1.66. The Bertz CT molecular complexity index is 344. The number of aliphatic hydroxyl groups excluding tert-OH is 1. The Morgan fingerprint density at radius 1 is 1.50 bits per heavy atom. The molecule has 0 heterocycles. The molecule has 1 rings (SSSR count). The summed E-state index contributed by atoms with van der Waals surface area (Å²) in [5, 5.41) is 10.7. The summed E-state index contributed by atoms with van der Waals surface area (Å²) >= 11 is 9.48. The molecule has 4 heteroatoms. The Balaban J connectivity index is 2.79. The van der Waals surface area contributed by atoms with Crippen molar-refractivity contribution in [2.75, 3.05) is 13.7 Å². The number of benzene rings is 1. The molecule has 0 spiro atoms. The van der Waals surface area contributed by atoms with Gasteiger partial charge in [-0.05, 0) is 34.3 Å². The lowest BCUT2D eigenvalue weighted by Crippen LogP contribution is -2.12. The smallest absolute Gasteiger partial charge is 0.0831 e. The van der Waals surface area contributed by atoms with Gasteiger partial charge < -0.3 is 9.84 Å². The zero-order chi connectivity index (χ0) is 12.1. The SMILES string of the molecule is COCCC(C)C(O)c1cccc(Br)c1Cl. The van der Waals surface area contributed by atoms with E-state index in [2.05, 4.69) is 15.9 Å². The number of halogens is 2. The Morgan fingerprint density at radius 2 is 2.19 bits per heavy atom. The fourth-order valence-corrected chi connectivity index (χ4v) is 2.14. The van der Waals surface area contributed by atoms with Gasteiger partial charge in [0.1, 0.15) is 0 Å². The molecule has 2 unspecified atom stereocenters. The van der Waals surface area contributed by atoms with Crippen LogP contribution in [0.25, 0.3) is 0 Å². The Hall–Kier alpha value is -0.0900. The van der Waals surface area contributed by atoms with E-state index in [1.165, 1.54) is 0 Å². The summed E-state index contributed by atoms with van der Waals surface area (Å²) < 4.78 is 5.81. The number of ether oxygens (including phenoxy) is 1. The largest absolute Gasteiger partial charge is 0.388 e. The third kappa shape index (κ3) is 3.45. The third-order valence-corrected chi connectivity index (χ3v) is 3.93. The van der Waals surface area contributed by atoms with Crippen molar-refractivity contribution in [3.8, 4) is 0 Å². The lowest BCUT2D eigenvalue weighted by molar-refractivity contribution is 0.0886. The molecule has 0 saturated carbocycles. The molecule has 1 aromatic carbocycles. The molecule has 0 radical (unpaired) electrons. The van der Waals surface area contributed by atoms with E-state index in [0.717, 1.165) is 16.5 Å². The van der Waals surface area contributed by atoms with Gasteiger partial charge in [-0.3, -0.25) is 0 Å². The highest BCUT2D eigenvalue weighted by molar-refractivity contribution is 9.10. The zero-order valence-corrected chi connectivity index (χ0v) is 11.8. The van der Waals surface area contributed by atoms with Crippen LogP contribution < -0.4 is 0 Å². The van der Waals surface area contributed by atoms with Gasteiger partial charge in [0.15, 0.2) is 0 Å². The normalized spacial score (nSPS) is 14.8. The van der Waals surface area contributed by atoms with E-state index in [1.807, 2.05) is 25.1 Å². The predicted molar refractivity (Wildman–Crippen MR) is 69.8 cm³/mol. The minimum Gasteiger partial charge on any atom is -0.388 e. The molecule has 0 amide bonds. The van der Waals surface area contributed by atoms with Crippen LogP contribution in [0.5, 0.6) is 0 Å². The molecular weight excluding hydrogens is 291 g/mol. The van der Waals surface area contributed by atoms with Crippen LogP contribution in [0, 0.1) is 5.92 Å². The maximum atomic E-state index is 10.2. The molecule has 2 atom stereocenters. The van der Waals surface area contributed by atoms with Crippen molar-refractivity contribution in [2.24, 2.45) is 5.92 Å². The van der Waals surface area contributed by atoms with Gasteiger partial charge >= 0.3 is 0 Å². The summed E-state index contributed by atoms with van der Waals surface area (Å²) in [4.78, 5) is 0. The van der Waals surface area contributed by atoms with Gasteiger partial charge in [-0.2, -0.15) is 0 Å². The van der Waals surface area contributed by atoms with Crippen molar-refractivity contribution in [3.63, 3.8) is 0 Å². The molecule has 0 saturated heterocycles. The lowest BCUT2D eigenvalue weighted by atomic mass is 9.95.